The van der Waals surface area contributed by atoms with Crippen molar-refractivity contribution in [1.82, 2.24) is 5.32 Å². The summed E-state index contributed by atoms with van der Waals surface area (Å²) < 4.78 is 0. The minimum absolute atomic E-state index is 0.812. The van der Waals surface area contributed by atoms with Gasteiger partial charge < -0.3 is 0 Å². The van der Waals surface area contributed by atoms with Crippen molar-refractivity contribution in [3.05, 3.63) is 0 Å². The average molecular weight is 176 g/mol. The first-order valence-corrected chi connectivity index (χ1v) is 6.21. The van der Waals surface area contributed by atoms with E-state index in [1.54, 1.807) is 0 Å². The van der Waals surface area contributed by atoms with E-state index in [2.05, 4.69) is 17.8 Å². The predicted octanol–water partition coefficient (Wildman–Crippen LogP) is 1.32. The second-order valence-electron chi connectivity index (χ2n) is 2.58. The normalized spacial score (nSPS) is 33.0. The third-order valence-corrected chi connectivity index (χ3v) is 3.78. The first-order valence-electron chi connectivity index (χ1n) is 3.53. The Morgan fingerprint density at radius 3 is 2.80 bits per heavy atom. The molecule has 3 heteroatoms. The van der Waals surface area contributed by atoms with Gasteiger partial charge in [0.05, 0.1) is 0 Å². The van der Waals surface area contributed by atoms with Crippen LogP contribution in [-0.4, -0.2) is 36.6 Å². The van der Waals surface area contributed by atoms with Crippen LogP contribution in [0, 0.1) is 5.92 Å². The topological polar surface area (TPSA) is 14.1 Å². The Bertz CT molecular complexity index is 97.6. The molecule has 0 amide bonds. The quantitative estimate of drug-likeness (QED) is 0.644. The van der Waals surface area contributed by atoms with Gasteiger partial charge >= 0.3 is 0 Å². The molecular formula is C7H14NS2. The lowest BCUT2D eigenvalue weighted by Crippen LogP contribution is -2.16. The molecule has 1 saturated heterocycles. The summed E-state index contributed by atoms with van der Waals surface area (Å²) in [5.74, 6) is 2.14. The third-order valence-electron chi connectivity index (χ3n) is 1.88. The van der Waals surface area contributed by atoms with E-state index < -0.39 is 0 Å². The molecule has 1 fully saturated rings. The van der Waals surface area contributed by atoms with Gasteiger partial charge in [-0.05, 0) is 24.2 Å². The standard InChI is InChI=1S/C7H14NS2/c1-9-5-6-3-8-4-7(6)10-2/h6-7H,3-5H2,1-2H3. The summed E-state index contributed by atoms with van der Waals surface area (Å²) in [6, 6.07) is 0. The molecule has 2 atom stereocenters. The summed E-state index contributed by atoms with van der Waals surface area (Å²) in [4.78, 5) is 0. The highest BCUT2D eigenvalue weighted by molar-refractivity contribution is 7.99. The molecule has 2 unspecified atom stereocenters. The summed E-state index contributed by atoms with van der Waals surface area (Å²) in [6.07, 6.45) is 4.37. The van der Waals surface area contributed by atoms with Crippen LogP contribution in [-0.2, 0) is 0 Å². The summed E-state index contributed by atoms with van der Waals surface area (Å²) in [5, 5.41) is 5.21. The van der Waals surface area contributed by atoms with Gasteiger partial charge in [0.15, 0.2) is 0 Å². The molecular weight excluding hydrogens is 162 g/mol. The van der Waals surface area contributed by atoms with Crippen molar-refractivity contribution in [3.63, 3.8) is 0 Å². The number of nitrogens with zero attached hydrogens (tertiary/aromatic N) is 1. The molecule has 1 aliphatic rings. The van der Waals surface area contributed by atoms with E-state index in [1.807, 2.05) is 23.5 Å². The fourth-order valence-corrected chi connectivity index (χ4v) is 2.98. The van der Waals surface area contributed by atoms with E-state index >= 15 is 0 Å². The van der Waals surface area contributed by atoms with Gasteiger partial charge in [0.25, 0.3) is 0 Å². The molecule has 1 heterocycles. The molecule has 59 valence electrons. The van der Waals surface area contributed by atoms with E-state index in [1.165, 1.54) is 5.75 Å². The Morgan fingerprint density at radius 1 is 1.40 bits per heavy atom. The third kappa shape index (κ3) is 2.07. The molecule has 1 radical (unpaired) electrons. The molecule has 0 aromatic heterocycles. The fourth-order valence-electron chi connectivity index (χ4n) is 1.28. The minimum Gasteiger partial charge on any atom is -0.240 e. The van der Waals surface area contributed by atoms with Crippen LogP contribution >= 0.6 is 23.5 Å². The molecule has 0 N–H and O–H groups in total. The summed E-state index contributed by atoms with van der Waals surface area (Å²) in [6.45, 7) is 2.19. The lowest BCUT2D eigenvalue weighted by atomic mass is 10.1. The highest BCUT2D eigenvalue weighted by atomic mass is 32.2. The first-order chi connectivity index (χ1) is 4.88. The molecule has 10 heavy (non-hydrogen) atoms. The SMILES string of the molecule is CSCC1C[N]CC1SC. The molecule has 0 saturated carbocycles. The molecule has 1 rings (SSSR count). The molecule has 1 aliphatic heterocycles. The van der Waals surface area contributed by atoms with E-state index in [9.17, 15) is 0 Å². The Balaban J connectivity index is 2.27. The highest BCUT2D eigenvalue weighted by Crippen LogP contribution is 2.24. The van der Waals surface area contributed by atoms with Gasteiger partial charge in [0.1, 0.15) is 0 Å². The van der Waals surface area contributed by atoms with Gasteiger partial charge in [-0.25, -0.2) is 5.32 Å². The van der Waals surface area contributed by atoms with Gasteiger partial charge in [-0.3, -0.25) is 0 Å². The van der Waals surface area contributed by atoms with Crippen LogP contribution < -0.4 is 5.32 Å². The van der Waals surface area contributed by atoms with Crippen molar-refractivity contribution in [3.8, 4) is 0 Å². The zero-order chi connectivity index (χ0) is 7.40. The molecule has 0 aromatic carbocycles. The molecule has 0 aromatic rings. The predicted molar refractivity (Wildman–Crippen MR) is 51.0 cm³/mol. The summed E-state index contributed by atoms with van der Waals surface area (Å²) in [7, 11) is 0. The number of hydrogen-bond donors (Lipinski definition) is 0. The van der Waals surface area contributed by atoms with E-state index in [0.29, 0.717) is 0 Å². The summed E-state index contributed by atoms with van der Waals surface area (Å²) >= 11 is 3.92. The van der Waals surface area contributed by atoms with Crippen LogP contribution in [0.1, 0.15) is 0 Å². The van der Waals surface area contributed by atoms with Crippen molar-refractivity contribution in [1.29, 1.82) is 0 Å². The van der Waals surface area contributed by atoms with Crippen molar-refractivity contribution in [2.75, 3.05) is 31.4 Å². The van der Waals surface area contributed by atoms with Gasteiger partial charge in [-0.15, -0.1) is 0 Å². The van der Waals surface area contributed by atoms with Gasteiger partial charge in [0.2, 0.25) is 0 Å². The van der Waals surface area contributed by atoms with Crippen molar-refractivity contribution in [2.45, 2.75) is 5.25 Å². The number of hydrogen-bond acceptors (Lipinski definition) is 2. The molecule has 0 spiro atoms. The van der Waals surface area contributed by atoms with Crippen LogP contribution in [0.25, 0.3) is 0 Å². The Labute approximate surface area is 71.7 Å². The van der Waals surface area contributed by atoms with Crippen LogP contribution in [0.4, 0.5) is 0 Å². The van der Waals surface area contributed by atoms with Crippen molar-refractivity contribution in [2.24, 2.45) is 5.92 Å². The lowest BCUT2D eigenvalue weighted by Gasteiger charge is -2.13. The van der Waals surface area contributed by atoms with Crippen LogP contribution in [0.15, 0.2) is 0 Å². The van der Waals surface area contributed by atoms with E-state index in [0.717, 1.165) is 24.3 Å². The Hall–Kier alpha value is 0.660. The van der Waals surface area contributed by atoms with E-state index in [4.69, 9.17) is 0 Å². The van der Waals surface area contributed by atoms with Crippen molar-refractivity contribution >= 4 is 23.5 Å². The van der Waals surface area contributed by atoms with Gasteiger partial charge in [-0.2, -0.15) is 23.5 Å². The second kappa shape index (κ2) is 4.52. The van der Waals surface area contributed by atoms with Gasteiger partial charge in [0, 0.05) is 18.3 Å². The zero-order valence-corrected chi connectivity index (χ0v) is 8.17. The monoisotopic (exact) mass is 176 g/mol. The fraction of sp³-hybridized carbons (Fsp3) is 1.00. The van der Waals surface area contributed by atoms with Crippen LogP contribution in [0.5, 0.6) is 0 Å². The zero-order valence-electron chi connectivity index (χ0n) is 6.54. The molecule has 1 nitrogen and oxygen atoms in total. The van der Waals surface area contributed by atoms with Crippen LogP contribution in [0.2, 0.25) is 0 Å². The van der Waals surface area contributed by atoms with Crippen molar-refractivity contribution < 1.29 is 0 Å². The lowest BCUT2D eigenvalue weighted by molar-refractivity contribution is 0.672. The highest BCUT2D eigenvalue weighted by Gasteiger charge is 2.26. The van der Waals surface area contributed by atoms with Crippen LogP contribution in [0.3, 0.4) is 0 Å². The Morgan fingerprint density at radius 2 is 2.20 bits per heavy atom. The minimum atomic E-state index is 0.812. The van der Waals surface area contributed by atoms with E-state index in [-0.39, 0.29) is 0 Å². The smallest absolute Gasteiger partial charge is 0.0256 e. The molecule has 0 aliphatic carbocycles. The maximum Gasteiger partial charge on any atom is 0.0256 e. The molecule has 0 bridgehead atoms. The van der Waals surface area contributed by atoms with Gasteiger partial charge in [-0.1, -0.05) is 0 Å². The second-order valence-corrected chi connectivity index (χ2v) is 4.57. The maximum atomic E-state index is 4.40. The number of thioether (sulfide) groups is 2. The summed E-state index contributed by atoms with van der Waals surface area (Å²) in [5.41, 5.74) is 0. The first kappa shape index (κ1) is 8.75. The Kier molecular flexibility index (Phi) is 3.96. The maximum absolute atomic E-state index is 4.40. The largest absolute Gasteiger partial charge is 0.240 e. The average Bonchev–Trinajstić information content (AvgIpc) is 2.36. The number of rotatable bonds is 3.